The van der Waals surface area contributed by atoms with Gasteiger partial charge in [0.25, 0.3) is 0 Å². The second-order valence-electron chi connectivity index (χ2n) is 5.07. The summed E-state index contributed by atoms with van der Waals surface area (Å²) < 4.78 is 13.9. The van der Waals surface area contributed by atoms with Gasteiger partial charge in [0.2, 0.25) is 0 Å². The average Bonchev–Trinajstić information content (AvgIpc) is 2.26. The first-order valence-corrected chi connectivity index (χ1v) is 6.10. The van der Waals surface area contributed by atoms with Crippen molar-refractivity contribution in [3.8, 4) is 0 Å². The molecule has 0 saturated carbocycles. The molecule has 17 heavy (non-hydrogen) atoms. The maximum atomic E-state index is 13.9. The van der Waals surface area contributed by atoms with Crippen LogP contribution in [0.5, 0.6) is 0 Å². The summed E-state index contributed by atoms with van der Waals surface area (Å²) in [4.78, 5) is 2.05. The van der Waals surface area contributed by atoms with Gasteiger partial charge in [0.1, 0.15) is 5.82 Å². The predicted octanol–water partition coefficient (Wildman–Crippen LogP) is 2.66. The lowest BCUT2D eigenvalue weighted by molar-refractivity contribution is 0.171. The van der Waals surface area contributed by atoms with Crippen LogP contribution in [0.2, 0.25) is 0 Å². The second-order valence-corrected chi connectivity index (χ2v) is 5.07. The molecule has 0 saturated heterocycles. The van der Waals surface area contributed by atoms with Crippen LogP contribution in [0, 0.1) is 17.7 Å². The van der Waals surface area contributed by atoms with Crippen molar-refractivity contribution >= 4 is 0 Å². The topological polar surface area (TPSA) is 29.3 Å². The molecule has 0 bridgehead atoms. The number of hydrogen-bond acceptors (Lipinski definition) is 2. The molecule has 0 amide bonds. The van der Waals surface area contributed by atoms with Gasteiger partial charge in [-0.1, -0.05) is 32.0 Å². The fourth-order valence-corrected chi connectivity index (χ4v) is 2.37. The van der Waals surface area contributed by atoms with Crippen LogP contribution < -0.4 is 5.73 Å². The average molecular weight is 238 g/mol. The van der Waals surface area contributed by atoms with Crippen molar-refractivity contribution in [2.24, 2.45) is 17.6 Å². The van der Waals surface area contributed by atoms with Crippen LogP contribution in [-0.4, -0.2) is 25.5 Å². The van der Waals surface area contributed by atoms with Crippen LogP contribution in [0.3, 0.4) is 0 Å². The second kappa shape index (κ2) is 6.12. The molecule has 0 radical (unpaired) electrons. The van der Waals surface area contributed by atoms with E-state index >= 15 is 0 Å². The molecule has 0 heterocycles. The Balaban J connectivity index is 3.13. The Hall–Kier alpha value is -0.930. The lowest BCUT2D eigenvalue weighted by atomic mass is 9.83. The minimum Gasteiger partial charge on any atom is -0.330 e. The zero-order valence-corrected chi connectivity index (χ0v) is 11.2. The van der Waals surface area contributed by atoms with Crippen molar-refractivity contribution in [3.05, 3.63) is 35.6 Å². The van der Waals surface area contributed by atoms with Crippen molar-refractivity contribution < 1.29 is 4.39 Å². The molecule has 1 aromatic rings. The summed E-state index contributed by atoms with van der Waals surface area (Å²) in [6.07, 6.45) is 0. The van der Waals surface area contributed by atoms with Crippen LogP contribution in [-0.2, 0) is 0 Å². The molecule has 2 N–H and O–H groups in total. The van der Waals surface area contributed by atoms with E-state index in [4.69, 9.17) is 5.73 Å². The molecule has 0 aliphatic rings. The van der Waals surface area contributed by atoms with Crippen LogP contribution in [0.15, 0.2) is 24.3 Å². The van der Waals surface area contributed by atoms with Crippen molar-refractivity contribution in [2.45, 2.75) is 19.9 Å². The third-order valence-electron chi connectivity index (χ3n) is 3.31. The summed E-state index contributed by atoms with van der Waals surface area (Å²) in [5.41, 5.74) is 6.59. The van der Waals surface area contributed by atoms with E-state index in [1.807, 2.05) is 26.2 Å². The molecule has 0 aliphatic carbocycles. The van der Waals surface area contributed by atoms with Gasteiger partial charge in [0.15, 0.2) is 0 Å². The standard InChI is InChI=1S/C14H23FN2/c1-10(2)12(9-16)14(17(3)4)11-7-5-6-8-13(11)15/h5-8,10,12,14H,9,16H2,1-4H3. The number of nitrogens with zero attached hydrogens (tertiary/aromatic N) is 1. The monoisotopic (exact) mass is 238 g/mol. The molecule has 0 spiro atoms. The largest absolute Gasteiger partial charge is 0.330 e. The fourth-order valence-electron chi connectivity index (χ4n) is 2.37. The molecule has 96 valence electrons. The van der Waals surface area contributed by atoms with Crippen molar-refractivity contribution in [3.63, 3.8) is 0 Å². The van der Waals surface area contributed by atoms with E-state index in [0.29, 0.717) is 12.5 Å². The Morgan fingerprint density at radius 2 is 1.82 bits per heavy atom. The molecule has 0 aromatic heterocycles. The molecule has 0 aliphatic heterocycles. The molecule has 1 rings (SSSR count). The lowest BCUT2D eigenvalue weighted by Gasteiger charge is -2.34. The minimum atomic E-state index is -0.148. The van der Waals surface area contributed by atoms with E-state index in [1.54, 1.807) is 6.07 Å². The van der Waals surface area contributed by atoms with Crippen molar-refractivity contribution in [1.82, 2.24) is 4.90 Å². The minimum absolute atomic E-state index is 0.0289. The van der Waals surface area contributed by atoms with Gasteiger partial charge in [0.05, 0.1) is 0 Å². The summed E-state index contributed by atoms with van der Waals surface area (Å²) in [6.45, 7) is 4.83. The van der Waals surface area contributed by atoms with E-state index in [1.165, 1.54) is 6.07 Å². The van der Waals surface area contributed by atoms with Gasteiger partial charge in [-0.2, -0.15) is 0 Å². The van der Waals surface area contributed by atoms with E-state index in [9.17, 15) is 4.39 Å². The maximum Gasteiger partial charge on any atom is 0.127 e. The van der Waals surface area contributed by atoms with Gasteiger partial charge < -0.3 is 10.6 Å². The quantitative estimate of drug-likeness (QED) is 0.854. The van der Waals surface area contributed by atoms with E-state index in [2.05, 4.69) is 18.7 Å². The Morgan fingerprint density at radius 1 is 1.24 bits per heavy atom. The third-order valence-corrected chi connectivity index (χ3v) is 3.31. The first-order chi connectivity index (χ1) is 7.99. The highest BCUT2D eigenvalue weighted by molar-refractivity contribution is 5.22. The Morgan fingerprint density at radius 3 is 2.24 bits per heavy atom. The number of benzene rings is 1. The lowest BCUT2D eigenvalue weighted by Crippen LogP contribution is -2.35. The fraction of sp³-hybridized carbons (Fsp3) is 0.571. The molecule has 2 nitrogen and oxygen atoms in total. The number of rotatable bonds is 5. The third kappa shape index (κ3) is 3.27. The molecule has 2 atom stereocenters. The van der Waals surface area contributed by atoms with E-state index in [0.717, 1.165) is 5.56 Å². The van der Waals surface area contributed by atoms with Gasteiger partial charge in [-0.15, -0.1) is 0 Å². The van der Waals surface area contributed by atoms with Crippen molar-refractivity contribution in [1.29, 1.82) is 0 Å². The smallest absolute Gasteiger partial charge is 0.127 e. The first-order valence-electron chi connectivity index (χ1n) is 6.10. The summed E-state index contributed by atoms with van der Waals surface area (Å²) >= 11 is 0. The molecule has 1 aromatic carbocycles. The normalized spacial score (nSPS) is 15.3. The van der Waals surface area contributed by atoms with Gasteiger partial charge in [-0.3, -0.25) is 0 Å². The van der Waals surface area contributed by atoms with Gasteiger partial charge in [0, 0.05) is 11.6 Å². The zero-order valence-electron chi connectivity index (χ0n) is 11.2. The Bertz CT molecular complexity index is 350. The van der Waals surface area contributed by atoms with Crippen molar-refractivity contribution in [2.75, 3.05) is 20.6 Å². The van der Waals surface area contributed by atoms with E-state index < -0.39 is 0 Å². The number of hydrogen-bond donors (Lipinski definition) is 1. The molecule has 2 unspecified atom stereocenters. The maximum absolute atomic E-state index is 13.9. The van der Waals surface area contributed by atoms with Crippen LogP contribution in [0.25, 0.3) is 0 Å². The van der Waals surface area contributed by atoms with Gasteiger partial charge >= 0.3 is 0 Å². The summed E-state index contributed by atoms with van der Waals surface area (Å²) in [5.74, 6) is 0.527. The molecular weight excluding hydrogens is 215 g/mol. The summed E-state index contributed by atoms with van der Waals surface area (Å²) in [6, 6.07) is 6.99. The van der Waals surface area contributed by atoms with Crippen LogP contribution in [0.4, 0.5) is 4.39 Å². The first kappa shape index (κ1) is 14.1. The molecular formula is C14H23FN2. The number of halogens is 1. The van der Waals surface area contributed by atoms with Gasteiger partial charge in [-0.05, 0) is 38.5 Å². The van der Waals surface area contributed by atoms with Gasteiger partial charge in [-0.25, -0.2) is 4.39 Å². The summed E-state index contributed by atoms with van der Waals surface area (Å²) in [7, 11) is 3.95. The highest BCUT2D eigenvalue weighted by atomic mass is 19.1. The zero-order chi connectivity index (χ0) is 13.0. The SMILES string of the molecule is CC(C)C(CN)C(c1ccccc1F)N(C)C. The number of nitrogens with two attached hydrogens (primary N) is 1. The predicted molar refractivity (Wildman–Crippen MR) is 70.2 cm³/mol. The molecule has 3 heteroatoms. The Labute approximate surface area is 104 Å². The van der Waals surface area contributed by atoms with Crippen LogP contribution in [0.1, 0.15) is 25.5 Å². The summed E-state index contributed by atoms with van der Waals surface area (Å²) in [5, 5.41) is 0. The highest BCUT2D eigenvalue weighted by Gasteiger charge is 2.28. The van der Waals surface area contributed by atoms with E-state index in [-0.39, 0.29) is 17.8 Å². The Kier molecular flexibility index (Phi) is 5.09. The highest BCUT2D eigenvalue weighted by Crippen LogP contribution is 2.32. The van der Waals surface area contributed by atoms with Crippen LogP contribution >= 0.6 is 0 Å². The molecule has 0 fully saturated rings.